The van der Waals surface area contributed by atoms with E-state index in [9.17, 15) is 9.59 Å². The molecule has 0 fully saturated rings. The molecule has 3 N–H and O–H groups in total. The van der Waals surface area contributed by atoms with Crippen LogP contribution in [0.3, 0.4) is 0 Å². The van der Waals surface area contributed by atoms with Crippen LogP contribution in [0.5, 0.6) is 5.75 Å². The minimum absolute atomic E-state index is 0.256. The van der Waals surface area contributed by atoms with E-state index in [0.717, 1.165) is 4.47 Å². The van der Waals surface area contributed by atoms with Crippen LogP contribution in [0.2, 0.25) is 0 Å². The molecule has 2 rings (SSSR count). The SMILES string of the molecule is C[C@H](Oc1ccc(Br)cc1)C(=O)Nc1ccccc1C(N)=O. The predicted octanol–water partition coefficient (Wildman–Crippen LogP) is 2.95. The standard InChI is InChI=1S/C16H15BrN2O3/c1-10(22-12-8-6-11(17)7-9-12)16(21)19-14-5-3-2-4-13(14)15(18)20/h2-10H,1H3,(H2,18,20)(H,19,21)/t10-/m0/s1. The van der Waals surface area contributed by atoms with Crippen LogP contribution in [0.1, 0.15) is 17.3 Å². The number of amides is 2. The summed E-state index contributed by atoms with van der Waals surface area (Å²) in [5, 5.41) is 2.65. The lowest BCUT2D eigenvalue weighted by Gasteiger charge is -2.15. The second-order valence-electron chi connectivity index (χ2n) is 4.61. The Balaban J connectivity index is 2.05. The molecule has 2 amide bonds. The molecule has 0 saturated carbocycles. The number of benzene rings is 2. The first-order chi connectivity index (χ1) is 10.5. The lowest BCUT2D eigenvalue weighted by Crippen LogP contribution is -2.31. The van der Waals surface area contributed by atoms with Gasteiger partial charge in [0.2, 0.25) is 0 Å². The van der Waals surface area contributed by atoms with Crippen molar-refractivity contribution >= 4 is 33.4 Å². The summed E-state index contributed by atoms with van der Waals surface area (Å²) in [6.07, 6.45) is -0.720. The molecule has 0 aromatic heterocycles. The van der Waals surface area contributed by atoms with Gasteiger partial charge in [0.1, 0.15) is 5.75 Å². The van der Waals surface area contributed by atoms with Crippen LogP contribution in [-0.4, -0.2) is 17.9 Å². The molecule has 0 bridgehead atoms. The fourth-order valence-corrected chi connectivity index (χ4v) is 2.08. The molecule has 2 aromatic rings. The van der Waals surface area contributed by atoms with E-state index in [1.54, 1.807) is 43.3 Å². The van der Waals surface area contributed by atoms with E-state index in [0.29, 0.717) is 11.4 Å². The quantitative estimate of drug-likeness (QED) is 0.857. The van der Waals surface area contributed by atoms with Gasteiger partial charge in [-0.3, -0.25) is 9.59 Å². The smallest absolute Gasteiger partial charge is 0.265 e. The van der Waals surface area contributed by atoms with Gasteiger partial charge in [-0.2, -0.15) is 0 Å². The minimum Gasteiger partial charge on any atom is -0.481 e. The normalized spacial score (nSPS) is 11.5. The summed E-state index contributed by atoms with van der Waals surface area (Å²) < 4.78 is 6.48. The van der Waals surface area contributed by atoms with Gasteiger partial charge in [0.15, 0.2) is 6.10 Å². The molecule has 0 unspecified atom stereocenters. The molecule has 6 heteroatoms. The lowest BCUT2D eigenvalue weighted by molar-refractivity contribution is -0.122. The van der Waals surface area contributed by atoms with Gasteiger partial charge in [0.25, 0.3) is 11.8 Å². The molecule has 0 aliphatic rings. The van der Waals surface area contributed by atoms with Crippen molar-refractivity contribution < 1.29 is 14.3 Å². The molecule has 0 saturated heterocycles. The van der Waals surface area contributed by atoms with E-state index in [2.05, 4.69) is 21.2 Å². The highest BCUT2D eigenvalue weighted by molar-refractivity contribution is 9.10. The maximum atomic E-state index is 12.2. The molecule has 0 heterocycles. The molecule has 1 atom stereocenters. The Hall–Kier alpha value is -2.34. The highest BCUT2D eigenvalue weighted by Gasteiger charge is 2.17. The monoisotopic (exact) mass is 362 g/mol. The van der Waals surface area contributed by atoms with Crippen molar-refractivity contribution in [3.8, 4) is 5.75 Å². The number of carbonyl (C=O) groups excluding carboxylic acids is 2. The third kappa shape index (κ3) is 4.08. The predicted molar refractivity (Wildman–Crippen MR) is 87.8 cm³/mol. The molecule has 0 spiro atoms. The molecular weight excluding hydrogens is 348 g/mol. The molecule has 2 aromatic carbocycles. The number of hydrogen-bond acceptors (Lipinski definition) is 3. The Morgan fingerprint density at radius 1 is 1.14 bits per heavy atom. The number of hydrogen-bond donors (Lipinski definition) is 2. The number of halogens is 1. The number of para-hydroxylation sites is 1. The molecule has 0 radical (unpaired) electrons. The summed E-state index contributed by atoms with van der Waals surface area (Å²) in [4.78, 5) is 23.5. The minimum atomic E-state index is -0.720. The topological polar surface area (TPSA) is 81.4 Å². The molecular formula is C16H15BrN2O3. The summed E-state index contributed by atoms with van der Waals surface area (Å²) >= 11 is 3.33. The highest BCUT2D eigenvalue weighted by Crippen LogP contribution is 2.19. The summed E-state index contributed by atoms with van der Waals surface area (Å²) in [5.41, 5.74) is 5.90. The maximum absolute atomic E-state index is 12.2. The van der Waals surface area contributed by atoms with Crippen molar-refractivity contribution in [1.82, 2.24) is 0 Å². The Bertz CT molecular complexity index is 686. The lowest BCUT2D eigenvalue weighted by atomic mass is 10.1. The van der Waals surface area contributed by atoms with Crippen LogP contribution in [0.4, 0.5) is 5.69 Å². The van der Waals surface area contributed by atoms with Gasteiger partial charge in [-0.25, -0.2) is 0 Å². The average Bonchev–Trinajstić information content (AvgIpc) is 2.49. The summed E-state index contributed by atoms with van der Waals surface area (Å²) in [7, 11) is 0. The first-order valence-corrected chi connectivity index (χ1v) is 7.38. The van der Waals surface area contributed by atoms with Gasteiger partial charge < -0.3 is 15.8 Å². The van der Waals surface area contributed by atoms with Crippen molar-refractivity contribution in [2.24, 2.45) is 5.73 Å². The van der Waals surface area contributed by atoms with Crippen molar-refractivity contribution in [1.29, 1.82) is 0 Å². The summed E-state index contributed by atoms with van der Waals surface area (Å²) in [6, 6.07) is 13.7. The van der Waals surface area contributed by atoms with Crippen LogP contribution in [0, 0.1) is 0 Å². The number of primary amides is 1. The van der Waals surface area contributed by atoms with Gasteiger partial charge in [-0.05, 0) is 43.3 Å². The van der Waals surface area contributed by atoms with Gasteiger partial charge >= 0.3 is 0 Å². The zero-order chi connectivity index (χ0) is 16.1. The molecule has 22 heavy (non-hydrogen) atoms. The summed E-state index contributed by atoms with van der Waals surface area (Å²) in [6.45, 7) is 1.63. The van der Waals surface area contributed by atoms with Crippen molar-refractivity contribution in [2.75, 3.05) is 5.32 Å². The molecule has 114 valence electrons. The third-order valence-corrected chi connectivity index (χ3v) is 3.47. The van der Waals surface area contributed by atoms with Crippen LogP contribution < -0.4 is 15.8 Å². The molecule has 0 aliphatic heterocycles. The van der Waals surface area contributed by atoms with Crippen LogP contribution in [0.15, 0.2) is 53.0 Å². The Kier molecular flexibility index (Phi) is 5.16. The fraction of sp³-hybridized carbons (Fsp3) is 0.125. The second kappa shape index (κ2) is 7.09. The van der Waals surface area contributed by atoms with E-state index >= 15 is 0 Å². The third-order valence-electron chi connectivity index (χ3n) is 2.95. The Morgan fingerprint density at radius 3 is 2.41 bits per heavy atom. The van der Waals surface area contributed by atoms with Gasteiger partial charge in [0.05, 0.1) is 11.3 Å². The first kappa shape index (κ1) is 16.0. The number of nitrogens with two attached hydrogens (primary N) is 1. The van der Waals surface area contributed by atoms with Crippen molar-refractivity contribution in [3.63, 3.8) is 0 Å². The number of anilines is 1. The average molecular weight is 363 g/mol. The highest BCUT2D eigenvalue weighted by atomic mass is 79.9. The zero-order valence-corrected chi connectivity index (χ0v) is 13.5. The van der Waals surface area contributed by atoms with E-state index in [-0.39, 0.29) is 11.5 Å². The van der Waals surface area contributed by atoms with Crippen LogP contribution >= 0.6 is 15.9 Å². The van der Waals surface area contributed by atoms with E-state index in [1.807, 2.05) is 12.1 Å². The fourth-order valence-electron chi connectivity index (χ4n) is 1.81. The molecule has 5 nitrogen and oxygen atoms in total. The van der Waals surface area contributed by atoms with Gasteiger partial charge in [0, 0.05) is 4.47 Å². The van der Waals surface area contributed by atoms with Crippen LogP contribution in [0.25, 0.3) is 0 Å². The number of ether oxygens (including phenoxy) is 1. The number of nitrogens with one attached hydrogen (secondary N) is 1. The largest absolute Gasteiger partial charge is 0.481 e. The van der Waals surface area contributed by atoms with Gasteiger partial charge in [-0.15, -0.1) is 0 Å². The van der Waals surface area contributed by atoms with E-state index in [1.165, 1.54) is 0 Å². The maximum Gasteiger partial charge on any atom is 0.265 e. The number of carbonyl (C=O) groups is 2. The molecule has 0 aliphatic carbocycles. The van der Waals surface area contributed by atoms with Crippen LogP contribution in [-0.2, 0) is 4.79 Å². The Morgan fingerprint density at radius 2 is 1.77 bits per heavy atom. The van der Waals surface area contributed by atoms with E-state index in [4.69, 9.17) is 10.5 Å². The van der Waals surface area contributed by atoms with Crippen molar-refractivity contribution in [3.05, 3.63) is 58.6 Å². The zero-order valence-electron chi connectivity index (χ0n) is 11.9. The Labute approximate surface area is 136 Å². The number of rotatable bonds is 5. The first-order valence-electron chi connectivity index (χ1n) is 6.59. The second-order valence-corrected chi connectivity index (χ2v) is 5.53. The van der Waals surface area contributed by atoms with Gasteiger partial charge in [-0.1, -0.05) is 28.1 Å². The van der Waals surface area contributed by atoms with E-state index < -0.39 is 12.0 Å². The van der Waals surface area contributed by atoms with Crippen molar-refractivity contribution in [2.45, 2.75) is 13.0 Å². The summed E-state index contributed by atoms with van der Waals surface area (Å²) in [5.74, 6) is -0.386.